The van der Waals surface area contributed by atoms with Crippen LogP contribution < -0.4 is 20.3 Å². The summed E-state index contributed by atoms with van der Waals surface area (Å²) in [6.07, 6.45) is 2.99. The first-order chi connectivity index (χ1) is 11.2. The van der Waals surface area contributed by atoms with Crippen LogP contribution in [0.1, 0.15) is 27.6 Å². The Kier molecular flexibility index (Phi) is 5.51. The molecule has 2 rings (SSSR count). The minimum Gasteiger partial charge on any atom is -0.493 e. The molecule has 0 aliphatic heterocycles. The third kappa shape index (κ3) is 4.19. The molecule has 2 amide bonds. The van der Waals surface area contributed by atoms with Gasteiger partial charge in [-0.2, -0.15) is 0 Å². The first kappa shape index (κ1) is 16.3. The Morgan fingerprint density at radius 3 is 2.26 bits per heavy atom. The number of rotatable bonds is 5. The van der Waals surface area contributed by atoms with Crippen LogP contribution in [0, 0.1) is 0 Å². The van der Waals surface area contributed by atoms with Crippen LogP contribution in [-0.4, -0.2) is 30.5 Å². The Balaban J connectivity index is 2.02. The van der Waals surface area contributed by atoms with E-state index in [9.17, 15) is 9.59 Å². The zero-order chi connectivity index (χ0) is 16.7. The summed E-state index contributed by atoms with van der Waals surface area (Å²) in [7, 11) is 1.49. The van der Waals surface area contributed by atoms with Gasteiger partial charge in [0, 0.05) is 23.5 Å². The third-order valence-electron chi connectivity index (χ3n) is 2.96. The molecule has 7 heteroatoms. The predicted molar refractivity (Wildman–Crippen MR) is 83.3 cm³/mol. The number of nitrogens with one attached hydrogen (secondary N) is 2. The van der Waals surface area contributed by atoms with E-state index in [1.54, 1.807) is 30.3 Å². The first-order valence-electron chi connectivity index (χ1n) is 6.97. The maximum absolute atomic E-state index is 12.1. The minimum atomic E-state index is -0.464. The largest absolute Gasteiger partial charge is 0.493 e. The summed E-state index contributed by atoms with van der Waals surface area (Å²) in [5.41, 5.74) is 5.41. The fourth-order valence-corrected chi connectivity index (χ4v) is 1.84. The van der Waals surface area contributed by atoms with Crippen molar-refractivity contribution in [3.63, 3.8) is 0 Å². The highest BCUT2D eigenvalue weighted by Gasteiger charge is 2.12. The van der Waals surface area contributed by atoms with Crippen molar-refractivity contribution in [1.29, 1.82) is 0 Å². The third-order valence-corrected chi connectivity index (χ3v) is 2.96. The van der Waals surface area contributed by atoms with Gasteiger partial charge in [-0.3, -0.25) is 25.4 Å². The number of amides is 2. The molecule has 2 aromatic rings. The quantitative estimate of drug-likeness (QED) is 0.817. The maximum atomic E-state index is 12.1. The molecule has 0 saturated heterocycles. The lowest BCUT2D eigenvalue weighted by molar-refractivity contribution is 0.0846. The van der Waals surface area contributed by atoms with E-state index >= 15 is 0 Å². The molecule has 0 aliphatic carbocycles. The monoisotopic (exact) mass is 315 g/mol. The number of hydrogen-bond acceptors (Lipinski definition) is 5. The summed E-state index contributed by atoms with van der Waals surface area (Å²) < 4.78 is 10.6. The average molecular weight is 315 g/mol. The summed E-state index contributed by atoms with van der Waals surface area (Å²) >= 11 is 0. The number of nitrogens with zero attached hydrogens (tertiary/aromatic N) is 1. The fourth-order valence-electron chi connectivity index (χ4n) is 1.84. The summed E-state index contributed by atoms with van der Waals surface area (Å²) in [4.78, 5) is 27.7. The molecule has 0 atom stereocenters. The molecule has 0 unspecified atom stereocenters. The molecular formula is C16H17N3O4. The topological polar surface area (TPSA) is 89.6 Å². The number of aromatic nitrogens is 1. The van der Waals surface area contributed by atoms with Gasteiger partial charge in [-0.1, -0.05) is 0 Å². The second kappa shape index (κ2) is 7.79. The van der Waals surface area contributed by atoms with Crippen molar-refractivity contribution >= 4 is 11.8 Å². The molecule has 1 aromatic carbocycles. The fraction of sp³-hybridized carbons (Fsp3) is 0.188. The normalized spacial score (nSPS) is 9.83. The van der Waals surface area contributed by atoms with Gasteiger partial charge in [-0.15, -0.1) is 0 Å². The molecule has 0 fully saturated rings. The smallest absolute Gasteiger partial charge is 0.269 e. The number of benzene rings is 1. The second-order valence-electron chi connectivity index (χ2n) is 4.44. The standard InChI is InChI=1S/C16H17N3O4/c1-3-23-13-5-4-12(10-14(13)22-2)16(21)19-18-15(20)11-6-8-17-9-7-11/h4-10H,3H2,1-2H3,(H,18,20)(H,19,21). The molecule has 1 heterocycles. The molecule has 23 heavy (non-hydrogen) atoms. The lowest BCUT2D eigenvalue weighted by atomic mass is 10.2. The molecule has 120 valence electrons. The Morgan fingerprint density at radius 2 is 1.65 bits per heavy atom. The van der Waals surface area contributed by atoms with Gasteiger partial charge in [0.2, 0.25) is 0 Å². The van der Waals surface area contributed by atoms with E-state index in [1.165, 1.54) is 19.5 Å². The van der Waals surface area contributed by atoms with Crippen molar-refractivity contribution < 1.29 is 19.1 Å². The zero-order valence-electron chi connectivity index (χ0n) is 12.8. The SMILES string of the molecule is CCOc1ccc(C(=O)NNC(=O)c2ccncc2)cc1OC. The van der Waals surface area contributed by atoms with Crippen LogP contribution in [0.4, 0.5) is 0 Å². The molecule has 0 radical (unpaired) electrons. The number of carbonyl (C=O) groups excluding carboxylic acids is 2. The van der Waals surface area contributed by atoms with E-state index in [0.717, 1.165) is 0 Å². The van der Waals surface area contributed by atoms with E-state index < -0.39 is 11.8 Å². The van der Waals surface area contributed by atoms with Crippen molar-refractivity contribution in [2.45, 2.75) is 6.92 Å². The lowest BCUT2D eigenvalue weighted by Crippen LogP contribution is -2.41. The molecule has 0 spiro atoms. The molecule has 1 aromatic heterocycles. The Labute approximate surface area is 133 Å². The van der Waals surface area contributed by atoms with Crippen molar-refractivity contribution in [2.75, 3.05) is 13.7 Å². The second-order valence-corrected chi connectivity index (χ2v) is 4.44. The summed E-state index contributed by atoms with van der Waals surface area (Å²) in [5.74, 6) is 0.0970. The van der Waals surface area contributed by atoms with Crippen LogP contribution in [0.3, 0.4) is 0 Å². The summed E-state index contributed by atoms with van der Waals surface area (Å²) in [6.45, 7) is 2.35. The van der Waals surface area contributed by atoms with Gasteiger partial charge in [0.15, 0.2) is 11.5 Å². The zero-order valence-corrected chi connectivity index (χ0v) is 12.8. The Hall–Kier alpha value is -3.09. The lowest BCUT2D eigenvalue weighted by Gasteiger charge is -2.11. The number of hydrogen-bond donors (Lipinski definition) is 2. The van der Waals surface area contributed by atoms with Crippen molar-refractivity contribution in [1.82, 2.24) is 15.8 Å². The van der Waals surface area contributed by atoms with Gasteiger partial charge in [0.05, 0.1) is 13.7 Å². The van der Waals surface area contributed by atoms with Crippen molar-refractivity contribution in [2.24, 2.45) is 0 Å². The number of carbonyl (C=O) groups is 2. The van der Waals surface area contributed by atoms with Gasteiger partial charge in [0.25, 0.3) is 11.8 Å². The van der Waals surface area contributed by atoms with Gasteiger partial charge >= 0.3 is 0 Å². The average Bonchev–Trinajstić information content (AvgIpc) is 2.60. The van der Waals surface area contributed by atoms with Crippen molar-refractivity contribution in [3.05, 3.63) is 53.9 Å². The van der Waals surface area contributed by atoms with E-state index in [0.29, 0.717) is 29.2 Å². The molecule has 0 bridgehead atoms. The molecular weight excluding hydrogens is 298 g/mol. The van der Waals surface area contributed by atoms with Crippen LogP contribution in [-0.2, 0) is 0 Å². The molecule has 0 saturated carbocycles. The predicted octanol–water partition coefficient (Wildman–Crippen LogP) is 1.56. The number of methoxy groups -OCH3 is 1. The van der Waals surface area contributed by atoms with Crippen LogP contribution >= 0.6 is 0 Å². The Morgan fingerprint density at radius 1 is 1.00 bits per heavy atom. The highest BCUT2D eigenvalue weighted by molar-refractivity contribution is 5.99. The van der Waals surface area contributed by atoms with Gasteiger partial charge in [-0.25, -0.2) is 0 Å². The highest BCUT2D eigenvalue weighted by Crippen LogP contribution is 2.27. The van der Waals surface area contributed by atoms with Crippen LogP contribution in [0.25, 0.3) is 0 Å². The van der Waals surface area contributed by atoms with E-state index in [2.05, 4.69) is 15.8 Å². The molecule has 0 aliphatic rings. The van der Waals surface area contributed by atoms with Crippen LogP contribution in [0.2, 0.25) is 0 Å². The van der Waals surface area contributed by atoms with Gasteiger partial charge < -0.3 is 9.47 Å². The maximum Gasteiger partial charge on any atom is 0.269 e. The molecule has 2 N–H and O–H groups in total. The minimum absolute atomic E-state index is 0.334. The number of ether oxygens (including phenoxy) is 2. The van der Waals surface area contributed by atoms with Crippen LogP contribution in [0.5, 0.6) is 11.5 Å². The van der Waals surface area contributed by atoms with Gasteiger partial charge in [-0.05, 0) is 37.3 Å². The molecule has 7 nitrogen and oxygen atoms in total. The summed E-state index contributed by atoms with van der Waals surface area (Å²) in [5, 5.41) is 0. The Bertz CT molecular complexity index is 689. The van der Waals surface area contributed by atoms with Crippen molar-refractivity contribution in [3.8, 4) is 11.5 Å². The summed E-state index contributed by atoms with van der Waals surface area (Å²) in [6, 6.07) is 7.85. The van der Waals surface area contributed by atoms with Gasteiger partial charge in [0.1, 0.15) is 0 Å². The number of pyridine rings is 1. The van der Waals surface area contributed by atoms with Crippen LogP contribution in [0.15, 0.2) is 42.7 Å². The van der Waals surface area contributed by atoms with E-state index in [1.807, 2.05) is 6.92 Å². The van der Waals surface area contributed by atoms with E-state index in [4.69, 9.17) is 9.47 Å². The first-order valence-corrected chi connectivity index (χ1v) is 6.97. The van der Waals surface area contributed by atoms with E-state index in [-0.39, 0.29) is 0 Å². The number of hydrazine groups is 1. The highest BCUT2D eigenvalue weighted by atomic mass is 16.5.